The van der Waals surface area contributed by atoms with Gasteiger partial charge in [-0.3, -0.25) is 14.4 Å². The van der Waals surface area contributed by atoms with Crippen LogP contribution in [-0.4, -0.2) is 86.9 Å². The van der Waals surface area contributed by atoms with Crippen LogP contribution in [0, 0.1) is 0 Å². The average Bonchev–Trinajstić information content (AvgIpc) is 3.19. The summed E-state index contributed by atoms with van der Waals surface area (Å²) in [6, 6.07) is 6.93. The highest BCUT2D eigenvalue weighted by Gasteiger charge is 2.21. The van der Waals surface area contributed by atoms with E-state index in [9.17, 15) is 14.4 Å². The first-order valence-corrected chi connectivity index (χ1v) is 10.9. The number of nitrogens with zero attached hydrogens (tertiary/aromatic N) is 3. The van der Waals surface area contributed by atoms with Crippen molar-refractivity contribution in [3.8, 4) is 0 Å². The molecule has 2 heterocycles. The van der Waals surface area contributed by atoms with Gasteiger partial charge in [0.05, 0.1) is 6.54 Å². The first-order valence-electron chi connectivity index (χ1n) is 10.9. The van der Waals surface area contributed by atoms with Crippen LogP contribution in [0.3, 0.4) is 0 Å². The summed E-state index contributed by atoms with van der Waals surface area (Å²) in [7, 11) is 2.15. The van der Waals surface area contributed by atoms with Crippen molar-refractivity contribution in [1.82, 2.24) is 20.4 Å². The van der Waals surface area contributed by atoms with E-state index in [1.165, 1.54) is 0 Å². The van der Waals surface area contributed by atoms with Gasteiger partial charge < -0.3 is 25.3 Å². The molecule has 164 valence electrons. The number of unbranched alkanes of at least 4 members (excludes halogenated alkanes) is 1. The molecule has 0 unspecified atom stereocenters. The van der Waals surface area contributed by atoms with Gasteiger partial charge in [0, 0.05) is 56.9 Å². The predicted molar refractivity (Wildman–Crippen MR) is 117 cm³/mol. The first-order chi connectivity index (χ1) is 14.5. The second-order valence-electron chi connectivity index (χ2n) is 8.08. The smallest absolute Gasteiger partial charge is 0.251 e. The molecule has 0 aromatic heterocycles. The van der Waals surface area contributed by atoms with E-state index in [0.29, 0.717) is 18.5 Å². The van der Waals surface area contributed by atoms with Crippen LogP contribution in [-0.2, 0) is 9.59 Å². The van der Waals surface area contributed by atoms with Gasteiger partial charge in [0.2, 0.25) is 11.8 Å². The lowest BCUT2D eigenvalue weighted by Gasteiger charge is -2.32. The molecule has 0 bridgehead atoms. The molecule has 0 saturated carbocycles. The van der Waals surface area contributed by atoms with Crippen molar-refractivity contribution in [2.24, 2.45) is 0 Å². The minimum Gasteiger partial charge on any atom is -0.355 e. The van der Waals surface area contributed by atoms with Gasteiger partial charge in [-0.2, -0.15) is 0 Å². The molecule has 0 radical (unpaired) electrons. The number of hydrogen-bond donors (Lipinski definition) is 2. The molecule has 0 atom stereocenters. The number of nitrogens with one attached hydrogen (secondary N) is 2. The van der Waals surface area contributed by atoms with Gasteiger partial charge in [-0.05, 0) is 57.1 Å². The van der Waals surface area contributed by atoms with Crippen LogP contribution in [0.2, 0.25) is 0 Å². The third kappa shape index (κ3) is 6.53. The molecule has 3 rings (SSSR count). The normalized spacial score (nSPS) is 17.9. The second-order valence-corrected chi connectivity index (χ2v) is 8.08. The number of piperazine rings is 1. The van der Waals surface area contributed by atoms with Crippen molar-refractivity contribution in [1.29, 1.82) is 0 Å². The topological polar surface area (TPSA) is 85.0 Å². The third-order valence-corrected chi connectivity index (χ3v) is 5.74. The molecule has 2 N–H and O–H groups in total. The Morgan fingerprint density at radius 2 is 1.70 bits per heavy atom. The SMILES string of the molecule is CN1CCN(CCCCNC(=O)CNC(=O)c2ccc(N3CCCC3=O)cc2)CC1. The summed E-state index contributed by atoms with van der Waals surface area (Å²) < 4.78 is 0. The number of benzene rings is 1. The van der Waals surface area contributed by atoms with Gasteiger partial charge in [-0.1, -0.05) is 0 Å². The number of amides is 3. The van der Waals surface area contributed by atoms with E-state index in [2.05, 4.69) is 27.5 Å². The van der Waals surface area contributed by atoms with Gasteiger partial charge in [0.15, 0.2) is 0 Å². The maximum absolute atomic E-state index is 12.2. The minimum absolute atomic E-state index is 0.0380. The van der Waals surface area contributed by atoms with Gasteiger partial charge in [0.25, 0.3) is 5.91 Å². The van der Waals surface area contributed by atoms with Crippen molar-refractivity contribution in [3.63, 3.8) is 0 Å². The summed E-state index contributed by atoms with van der Waals surface area (Å²) in [5.41, 5.74) is 1.29. The zero-order valence-electron chi connectivity index (χ0n) is 17.9. The Bertz CT molecular complexity index is 729. The number of carbonyl (C=O) groups is 3. The van der Waals surface area contributed by atoms with Crippen molar-refractivity contribution in [3.05, 3.63) is 29.8 Å². The fourth-order valence-corrected chi connectivity index (χ4v) is 3.80. The van der Waals surface area contributed by atoms with E-state index in [0.717, 1.165) is 64.2 Å². The van der Waals surface area contributed by atoms with E-state index < -0.39 is 0 Å². The predicted octanol–water partition coefficient (Wildman–Crippen LogP) is 0.687. The molecule has 8 heteroatoms. The Hall–Kier alpha value is -2.45. The van der Waals surface area contributed by atoms with Crippen molar-refractivity contribution in [2.75, 3.05) is 64.3 Å². The van der Waals surface area contributed by atoms with E-state index in [-0.39, 0.29) is 24.3 Å². The highest BCUT2D eigenvalue weighted by molar-refractivity contribution is 5.98. The molecular weight excluding hydrogens is 382 g/mol. The summed E-state index contributed by atoms with van der Waals surface area (Å²) in [4.78, 5) is 42.5. The van der Waals surface area contributed by atoms with Crippen LogP contribution >= 0.6 is 0 Å². The molecular formula is C22H33N5O3. The molecule has 0 spiro atoms. The highest BCUT2D eigenvalue weighted by atomic mass is 16.2. The Labute approximate surface area is 178 Å². The molecule has 30 heavy (non-hydrogen) atoms. The monoisotopic (exact) mass is 415 g/mol. The summed E-state index contributed by atoms with van der Waals surface area (Å²) in [6.45, 7) is 6.85. The quantitative estimate of drug-likeness (QED) is 0.580. The summed E-state index contributed by atoms with van der Waals surface area (Å²) >= 11 is 0. The maximum Gasteiger partial charge on any atom is 0.251 e. The molecule has 3 amide bonds. The van der Waals surface area contributed by atoms with Crippen molar-refractivity contribution < 1.29 is 14.4 Å². The van der Waals surface area contributed by atoms with Crippen LogP contribution in [0.5, 0.6) is 0 Å². The van der Waals surface area contributed by atoms with E-state index >= 15 is 0 Å². The molecule has 8 nitrogen and oxygen atoms in total. The van der Waals surface area contributed by atoms with Crippen LogP contribution in [0.1, 0.15) is 36.0 Å². The fourth-order valence-electron chi connectivity index (χ4n) is 3.80. The molecule has 2 fully saturated rings. The van der Waals surface area contributed by atoms with Gasteiger partial charge in [-0.25, -0.2) is 0 Å². The largest absolute Gasteiger partial charge is 0.355 e. The average molecular weight is 416 g/mol. The van der Waals surface area contributed by atoms with Crippen LogP contribution < -0.4 is 15.5 Å². The summed E-state index contributed by atoms with van der Waals surface area (Å²) in [6.07, 6.45) is 3.43. The number of hydrogen-bond acceptors (Lipinski definition) is 5. The second kappa shape index (κ2) is 11.1. The van der Waals surface area contributed by atoms with Crippen molar-refractivity contribution >= 4 is 23.4 Å². The lowest BCUT2D eigenvalue weighted by molar-refractivity contribution is -0.120. The van der Waals surface area contributed by atoms with Gasteiger partial charge in [-0.15, -0.1) is 0 Å². The molecule has 0 aliphatic carbocycles. The number of likely N-dealkylation sites (N-methyl/N-ethyl adjacent to an activating group) is 1. The minimum atomic E-state index is -0.292. The molecule has 1 aromatic rings. The molecule has 2 saturated heterocycles. The lowest BCUT2D eigenvalue weighted by Crippen LogP contribution is -2.44. The van der Waals surface area contributed by atoms with Crippen LogP contribution in [0.15, 0.2) is 24.3 Å². The molecule has 2 aliphatic heterocycles. The van der Waals surface area contributed by atoms with Crippen molar-refractivity contribution in [2.45, 2.75) is 25.7 Å². The first kappa shape index (κ1) is 22.2. The number of rotatable bonds is 9. The van der Waals surface area contributed by atoms with E-state index in [4.69, 9.17) is 0 Å². The fraction of sp³-hybridized carbons (Fsp3) is 0.591. The molecule has 1 aromatic carbocycles. The number of carbonyl (C=O) groups excluding carboxylic acids is 3. The maximum atomic E-state index is 12.2. The van der Waals surface area contributed by atoms with Gasteiger partial charge >= 0.3 is 0 Å². The standard InChI is InChI=1S/C22H33N5O3/c1-25-13-15-26(16-14-25)11-3-2-10-23-20(28)17-24-22(30)18-6-8-19(9-7-18)27-12-4-5-21(27)29/h6-9H,2-5,10-17H2,1H3,(H,23,28)(H,24,30). The number of anilines is 1. The van der Waals surface area contributed by atoms with Gasteiger partial charge in [0.1, 0.15) is 0 Å². The Kier molecular flexibility index (Phi) is 8.21. The summed E-state index contributed by atoms with van der Waals surface area (Å²) in [5.74, 6) is -0.353. The summed E-state index contributed by atoms with van der Waals surface area (Å²) in [5, 5.41) is 5.51. The highest BCUT2D eigenvalue weighted by Crippen LogP contribution is 2.21. The van der Waals surface area contributed by atoms with Crippen LogP contribution in [0.25, 0.3) is 0 Å². The molecule has 2 aliphatic rings. The van der Waals surface area contributed by atoms with E-state index in [1.54, 1.807) is 29.2 Å². The lowest BCUT2D eigenvalue weighted by atomic mass is 10.2. The zero-order valence-corrected chi connectivity index (χ0v) is 17.9. The van der Waals surface area contributed by atoms with Crippen LogP contribution in [0.4, 0.5) is 5.69 Å². The zero-order chi connectivity index (χ0) is 21.3. The van der Waals surface area contributed by atoms with E-state index in [1.807, 2.05) is 0 Å². The Balaban J connectivity index is 1.28. The Morgan fingerprint density at radius 1 is 0.967 bits per heavy atom. The Morgan fingerprint density at radius 3 is 2.37 bits per heavy atom. The third-order valence-electron chi connectivity index (χ3n) is 5.74.